The van der Waals surface area contributed by atoms with Gasteiger partial charge in [-0.15, -0.1) is 10.2 Å². The molecule has 0 aliphatic heterocycles. The third-order valence-corrected chi connectivity index (χ3v) is 7.20. The first kappa shape index (κ1) is 25.9. The fourth-order valence-electron chi connectivity index (χ4n) is 3.66. The number of halogens is 1. The van der Waals surface area contributed by atoms with E-state index in [0.717, 1.165) is 12.4 Å². The zero-order chi connectivity index (χ0) is 26.6. The van der Waals surface area contributed by atoms with Gasteiger partial charge in [-0.1, -0.05) is 6.07 Å². The van der Waals surface area contributed by atoms with Gasteiger partial charge in [-0.3, -0.25) is 14.3 Å². The zero-order valence-corrected chi connectivity index (χ0v) is 21.2. The lowest BCUT2D eigenvalue weighted by atomic mass is 10.2. The number of nitrogens with zero attached hydrogens (tertiary/aromatic N) is 6. The number of pyridine rings is 1. The average Bonchev–Trinajstić information content (AvgIpc) is 3.32. The molecule has 14 heteroatoms. The monoisotopic (exact) mass is 529 g/mol. The summed E-state index contributed by atoms with van der Waals surface area (Å²) in [5, 5.41) is 7.13. The molecule has 37 heavy (non-hydrogen) atoms. The van der Waals surface area contributed by atoms with Crippen LogP contribution >= 0.6 is 0 Å². The van der Waals surface area contributed by atoms with E-state index in [1.807, 2.05) is 0 Å². The average molecular weight is 530 g/mol. The van der Waals surface area contributed by atoms with Gasteiger partial charge in [0.05, 0.1) is 26.6 Å². The Balaban J connectivity index is 1.83. The minimum absolute atomic E-state index is 0.00527. The molecule has 1 N–H and O–H groups in total. The van der Waals surface area contributed by atoms with Crippen LogP contribution in [0.15, 0.2) is 55.1 Å². The van der Waals surface area contributed by atoms with E-state index in [1.165, 1.54) is 32.8 Å². The van der Waals surface area contributed by atoms with Crippen molar-refractivity contribution >= 4 is 16.0 Å². The van der Waals surface area contributed by atoms with Gasteiger partial charge in [-0.2, -0.15) is 0 Å². The summed E-state index contributed by atoms with van der Waals surface area (Å²) in [7, 11) is 0.0736. The Labute approximate surface area is 212 Å². The van der Waals surface area contributed by atoms with Gasteiger partial charge in [-0.25, -0.2) is 22.8 Å². The van der Waals surface area contributed by atoms with Gasteiger partial charge in [0.2, 0.25) is 16.0 Å². The first-order valence-electron chi connectivity index (χ1n) is 10.9. The molecule has 0 saturated carbocycles. The highest BCUT2D eigenvalue weighted by Crippen LogP contribution is 2.38. The first-order chi connectivity index (χ1) is 17.8. The zero-order valence-electron chi connectivity index (χ0n) is 20.4. The molecule has 0 amide bonds. The van der Waals surface area contributed by atoms with Crippen molar-refractivity contribution in [2.24, 2.45) is 0 Å². The lowest BCUT2D eigenvalue weighted by molar-refractivity contribution is 0.0948. The molecular weight excluding hydrogens is 505 g/mol. The Hall–Kier alpha value is -4.17. The fraction of sp³-hybridized carbons (Fsp3) is 0.261. The topological polar surface area (TPSA) is 143 Å². The Morgan fingerprint density at radius 1 is 0.973 bits per heavy atom. The van der Waals surface area contributed by atoms with Gasteiger partial charge < -0.3 is 14.2 Å². The predicted molar refractivity (Wildman–Crippen MR) is 131 cm³/mol. The largest absolute Gasteiger partial charge is 0.494 e. The van der Waals surface area contributed by atoms with Gasteiger partial charge in [0, 0.05) is 25.1 Å². The van der Waals surface area contributed by atoms with Gasteiger partial charge in [0.1, 0.15) is 28.5 Å². The summed E-state index contributed by atoms with van der Waals surface area (Å²) in [5.74, 6) is 0.258. The van der Waals surface area contributed by atoms with Crippen molar-refractivity contribution in [2.45, 2.75) is 18.3 Å². The van der Waals surface area contributed by atoms with E-state index in [0.29, 0.717) is 22.7 Å². The molecule has 3 aromatic heterocycles. The highest BCUT2D eigenvalue weighted by atomic mass is 32.2. The van der Waals surface area contributed by atoms with Crippen LogP contribution in [-0.4, -0.2) is 64.7 Å². The lowest BCUT2D eigenvalue weighted by Crippen LogP contribution is -2.33. The maximum Gasteiger partial charge on any atom is 0.243 e. The number of rotatable bonds is 10. The van der Waals surface area contributed by atoms with Crippen molar-refractivity contribution in [2.75, 3.05) is 26.1 Å². The van der Waals surface area contributed by atoms with Crippen LogP contribution in [0, 0.1) is 5.82 Å². The molecule has 4 rings (SSSR count). The normalized spacial score (nSPS) is 13.1. The van der Waals surface area contributed by atoms with Crippen LogP contribution in [0.1, 0.15) is 18.9 Å². The smallest absolute Gasteiger partial charge is 0.243 e. The second-order valence-corrected chi connectivity index (χ2v) is 9.74. The summed E-state index contributed by atoms with van der Waals surface area (Å²) >= 11 is 0. The number of methoxy groups -OCH3 is 3. The van der Waals surface area contributed by atoms with E-state index in [1.54, 1.807) is 42.7 Å². The number of aromatic nitrogens is 6. The number of benzene rings is 1. The number of ether oxygens (including phenoxy) is 3. The lowest BCUT2D eigenvalue weighted by Gasteiger charge is -2.22. The quantitative estimate of drug-likeness (QED) is 0.326. The molecule has 0 aliphatic carbocycles. The van der Waals surface area contributed by atoms with Crippen molar-refractivity contribution in [1.82, 2.24) is 29.7 Å². The predicted octanol–water partition coefficient (Wildman–Crippen LogP) is 2.79. The van der Waals surface area contributed by atoms with Crippen LogP contribution < -0.4 is 14.2 Å². The third-order valence-electron chi connectivity index (χ3n) is 5.51. The summed E-state index contributed by atoms with van der Waals surface area (Å²) < 4.78 is 60.7. The molecule has 0 radical (unpaired) electrons. The van der Waals surface area contributed by atoms with Crippen LogP contribution in [0.3, 0.4) is 0 Å². The Morgan fingerprint density at radius 2 is 1.65 bits per heavy atom. The van der Waals surface area contributed by atoms with Crippen molar-refractivity contribution < 1.29 is 27.0 Å². The van der Waals surface area contributed by atoms with Crippen LogP contribution in [0.4, 0.5) is 10.3 Å². The number of para-hydroxylation sites is 1. The molecular formula is C23H24FN7O5S. The van der Waals surface area contributed by atoms with Crippen LogP contribution in [0.25, 0.3) is 17.1 Å². The summed E-state index contributed by atoms with van der Waals surface area (Å²) in [5.41, 5.74) is 0.933. The van der Waals surface area contributed by atoms with E-state index < -0.39 is 27.2 Å². The first-order valence-corrected chi connectivity index (χ1v) is 12.4. The van der Waals surface area contributed by atoms with E-state index >= 15 is 0 Å². The molecule has 0 spiro atoms. The minimum atomic E-state index is -4.19. The van der Waals surface area contributed by atoms with Gasteiger partial charge >= 0.3 is 0 Å². The van der Waals surface area contributed by atoms with Crippen LogP contribution in [0.5, 0.6) is 11.5 Å². The molecule has 1 aromatic carbocycles. The number of nitrogens with one attached hydrogen (secondary N) is 1. The maximum absolute atomic E-state index is 13.5. The SMILES string of the molecule is COc1cccc(OC)c1-n1c(NS(=O)(=O)[C@H](C)[C@@H](OC)c2ncc(F)cn2)nnc1-c1cccnc1. The summed E-state index contributed by atoms with van der Waals surface area (Å²) in [6.45, 7) is 1.41. The number of sulfonamides is 1. The second kappa shape index (κ2) is 10.8. The maximum atomic E-state index is 13.5. The summed E-state index contributed by atoms with van der Waals surface area (Å²) in [6, 6.07) is 8.58. The molecule has 4 aromatic rings. The fourth-order valence-corrected chi connectivity index (χ4v) is 4.79. The number of anilines is 1. The molecule has 0 fully saturated rings. The molecule has 0 saturated heterocycles. The molecule has 0 bridgehead atoms. The molecule has 0 aliphatic rings. The Morgan fingerprint density at radius 3 is 2.22 bits per heavy atom. The molecule has 2 atom stereocenters. The van der Waals surface area contributed by atoms with E-state index in [-0.39, 0.29) is 17.6 Å². The second-order valence-electron chi connectivity index (χ2n) is 7.70. The highest BCUT2D eigenvalue weighted by molar-refractivity contribution is 7.93. The molecule has 194 valence electrons. The Bertz CT molecular complexity index is 1440. The van der Waals surface area contributed by atoms with Gasteiger partial charge in [0.15, 0.2) is 17.5 Å². The Kier molecular flexibility index (Phi) is 7.59. The number of hydrogen-bond acceptors (Lipinski definition) is 10. The van der Waals surface area contributed by atoms with Crippen LogP contribution in [0.2, 0.25) is 0 Å². The highest BCUT2D eigenvalue weighted by Gasteiger charge is 2.35. The van der Waals surface area contributed by atoms with Crippen LogP contribution in [-0.2, 0) is 14.8 Å². The summed E-state index contributed by atoms with van der Waals surface area (Å²) in [4.78, 5) is 11.9. The number of hydrogen-bond donors (Lipinski definition) is 1. The van der Waals surface area contributed by atoms with Gasteiger partial charge in [-0.05, 0) is 31.2 Å². The van der Waals surface area contributed by atoms with E-state index in [9.17, 15) is 12.8 Å². The van der Waals surface area contributed by atoms with E-state index in [4.69, 9.17) is 14.2 Å². The molecule has 12 nitrogen and oxygen atoms in total. The minimum Gasteiger partial charge on any atom is -0.494 e. The standard InChI is InChI=1S/C23H24FN7O5S/c1-14(20(36-4)21-26-12-16(24)13-27-21)37(32,33)30-23-29-28-22(15-7-6-10-25-11-15)31(23)19-17(34-2)8-5-9-18(19)35-3/h5-14,20H,1-4H3,(H,29,30)/t14-,20-/m1/s1. The van der Waals surface area contributed by atoms with Crippen molar-refractivity contribution in [3.05, 3.63) is 66.8 Å². The van der Waals surface area contributed by atoms with Gasteiger partial charge in [0.25, 0.3) is 0 Å². The van der Waals surface area contributed by atoms with Crippen molar-refractivity contribution in [1.29, 1.82) is 0 Å². The summed E-state index contributed by atoms with van der Waals surface area (Å²) in [6.07, 6.45) is 3.93. The van der Waals surface area contributed by atoms with Crippen molar-refractivity contribution in [3.8, 4) is 28.6 Å². The van der Waals surface area contributed by atoms with E-state index in [2.05, 4.69) is 29.9 Å². The van der Waals surface area contributed by atoms with Crippen molar-refractivity contribution in [3.63, 3.8) is 0 Å². The molecule has 0 unspecified atom stereocenters. The molecule has 3 heterocycles. The third kappa shape index (κ3) is 5.20.